The molecule has 144 valence electrons. The van der Waals surface area contributed by atoms with Gasteiger partial charge in [-0.25, -0.2) is 9.78 Å². The molecule has 0 saturated carbocycles. The van der Waals surface area contributed by atoms with Crippen molar-refractivity contribution in [3.63, 3.8) is 0 Å². The summed E-state index contributed by atoms with van der Waals surface area (Å²) < 4.78 is 5.38. The second-order valence-electron chi connectivity index (χ2n) is 7.30. The smallest absolute Gasteiger partial charge is 0.410 e. The van der Waals surface area contributed by atoms with Crippen LogP contribution in [0, 0.1) is 0 Å². The molecule has 0 spiro atoms. The van der Waals surface area contributed by atoms with Crippen LogP contribution in [0.5, 0.6) is 0 Å². The number of ether oxygens (including phenoxy) is 1. The van der Waals surface area contributed by atoms with Crippen LogP contribution < -0.4 is 0 Å². The normalized spacial score (nSPS) is 15.0. The van der Waals surface area contributed by atoms with Gasteiger partial charge in [0.1, 0.15) is 16.3 Å². The fourth-order valence-corrected chi connectivity index (χ4v) is 3.60. The summed E-state index contributed by atoms with van der Waals surface area (Å²) in [5.74, 6) is -0.115. The number of piperazine rings is 1. The third-order valence-corrected chi connectivity index (χ3v) is 5.18. The van der Waals surface area contributed by atoms with Crippen LogP contribution in [0.25, 0.3) is 10.6 Å². The number of benzene rings is 1. The Morgan fingerprint density at radius 2 is 1.67 bits per heavy atom. The lowest BCUT2D eigenvalue weighted by molar-refractivity contribution is 0.0140. The number of carbonyl (C=O) groups excluding carboxylic acids is 2. The van der Waals surface area contributed by atoms with Gasteiger partial charge in [-0.1, -0.05) is 23.7 Å². The number of hydrogen-bond donors (Lipinski definition) is 0. The average molecular weight is 408 g/mol. The van der Waals surface area contributed by atoms with Gasteiger partial charge >= 0.3 is 6.09 Å². The fourth-order valence-electron chi connectivity index (χ4n) is 2.68. The lowest BCUT2D eigenvalue weighted by Crippen LogP contribution is -2.51. The van der Waals surface area contributed by atoms with Crippen molar-refractivity contribution in [2.75, 3.05) is 26.2 Å². The lowest BCUT2D eigenvalue weighted by atomic mass is 10.2. The minimum atomic E-state index is -0.525. The Hall–Kier alpha value is -2.12. The molecule has 0 bridgehead atoms. The summed E-state index contributed by atoms with van der Waals surface area (Å²) in [4.78, 5) is 32.7. The van der Waals surface area contributed by atoms with Gasteiger partial charge in [-0.05, 0) is 32.9 Å². The van der Waals surface area contributed by atoms with E-state index in [2.05, 4.69) is 4.98 Å². The Morgan fingerprint density at radius 1 is 1.07 bits per heavy atom. The topological polar surface area (TPSA) is 62.7 Å². The van der Waals surface area contributed by atoms with Crippen molar-refractivity contribution < 1.29 is 14.3 Å². The van der Waals surface area contributed by atoms with Gasteiger partial charge in [0, 0.05) is 42.1 Å². The summed E-state index contributed by atoms with van der Waals surface area (Å²) in [6.07, 6.45) is -0.340. The highest BCUT2D eigenvalue weighted by atomic mass is 35.5. The SMILES string of the molecule is CC(C)(C)OC(=O)N1CCN(C(=O)c2csc(-c3ccc(Cl)cc3)n2)CC1. The van der Waals surface area contributed by atoms with Crippen molar-refractivity contribution in [2.45, 2.75) is 26.4 Å². The van der Waals surface area contributed by atoms with Crippen LogP contribution in [-0.4, -0.2) is 58.6 Å². The van der Waals surface area contributed by atoms with Crippen molar-refractivity contribution in [1.29, 1.82) is 0 Å². The molecular formula is C19H22ClN3O3S. The molecule has 0 N–H and O–H groups in total. The molecule has 1 aromatic carbocycles. The van der Waals surface area contributed by atoms with E-state index >= 15 is 0 Å². The molecule has 27 heavy (non-hydrogen) atoms. The number of nitrogens with zero attached hydrogens (tertiary/aromatic N) is 3. The first-order valence-electron chi connectivity index (χ1n) is 8.71. The number of amides is 2. The summed E-state index contributed by atoms with van der Waals surface area (Å²) >= 11 is 7.34. The van der Waals surface area contributed by atoms with E-state index in [1.807, 2.05) is 32.9 Å². The maximum atomic E-state index is 12.7. The Morgan fingerprint density at radius 3 is 2.26 bits per heavy atom. The van der Waals surface area contributed by atoms with Crippen molar-refractivity contribution in [2.24, 2.45) is 0 Å². The minimum Gasteiger partial charge on any atom is -0.444 e. The predicted molar refractivity (Wildman–Crippen MR) is 106 cm³/mol. The standard InChI is InChI=1S/C19H22ClN3O3S/c1-19(2,3)26-18(25)23-10-8-22(9-11-23)17(24)15-12-27-16(21-15)13-4-6-14(20)7-5-13/h4-7,12H,8-11H2,1-3H3. The molecule has 1 aliphatic heterocycles. The molecule has 0 radical (unpaired) electrons. The molecule has 1 aliphatic rings. The fraction of sp³-hybridized carbons (Fsp3) is 0.421. The Bertz CT molecular complexity index is 821. The minimum absolute atomic E-state index is 0.115. The molecule has 2 amide bonds. The average Bonchev–Trinajstić information content (AvgIpc) is 3.10. The predicted octanol–water partition coefficient (Wildman–Crippen LogP) is 4.16. The van der Waals surface area contributed by atoms with Crippen molar-refractivity contribution >= 4 is 34.9 Å². The molecule has 0 atom stereocenters. The van der Waals surface area contributed by atoms with Crippen molar-refractivity contribution in [1.82, 2.24) is 14.8 Å². The highest BCUT2D eigenvalue weighted by Gasteiger charge is 2.28. The van der Waals surface area contributed by atoms with Gasteiger partial charge < -0.3 is 14.5 Å². The number of hydrogen-bond acceptors (Lipinski definition) is 5. The zero-order chi connectivity index (χ0) is 19.6. The number of halogens is 1. The van der Waals surface area contributed by atoms with Crippen LogP contribution in [-0.2, 0) is 4.74 Å². The first kappa shape index (κ1) is 19.6. The summed E-state index contributed by atoms with van der Waals surface area (Å²) in [5.41, 5.74) is 0.830. The van der Waals surface area contributed by atoms with Gasteiger partial charge in [0.25, 0.3) is 5.91 Å². The molecule has 6 nitrogen and oxygen atoms in total. The van der Waals surface area contributed by atoms with Crippen LogP contribution in [0.15, 0.2) is 29.6 Å². The Balaban J connectivity index is 1.60. The number of carbonyl (C=O) groups is 2. The van der Waals surface area contributed by atoms with Crippen molar-refractivity contribution in [3.05, 3.63) is 40.4 Å². The highest BCUT2D eigenvalue weighted by molar-refractivity contribution is 7.13. The monoisotopic (exact) mass is 407 g/mol. The lowest BCUT2D eigenvalue weighted by Gasteiger charge is -2.35. The van der Waals surface area contributed by atoms with Gasteiger partial charge in [-0.2, -0.15) is 0 Å². The van der Waals surface area contributed by atoms with Crippen LogP contribution in [0.1, 0.15) is 31.3 Å². The molecule has 2 aromatic rings. The van der Waals surface area contributed by atoms with E-state index in [4.69, 9.17) is 16.3 Å². The van der Waals surface area contributed by atoms with Crippen LogP contribution in [0.2, 0.25) is 5.02 Å². The molecule has 0 unspecified atom stereocenters. The quantitative estimate of drug-likeness (QED) is 0.749. The van der Waals surface area contributed by atoms with E-state index in [1.54, 1.807) is 27.3 Å². The number of aromatic nitrogens is 1. The summed E-state index contributed by atoms with van der Waals surface area (Å²) in [7, 11) is 0. The molecule has 1 fully saturated rings. The molecule has 1 aromatic heterocycles. The number of thiazole rings is 1. The van der Waals surface area contributed by atoms with Gasteiger partial charge in [0.05, 0.1) is 0 Å². The molecular weight excluding hydrogens is 386 g/mol. The summed E-state index contributed by atoms with van der Waals surface area (Å²) in [6, 6.07) is 7.37. The van der Waals surface area contributed by atoms with Crippen molar-refractivity contribution in [3.8, 4) is 10.6 Å². The second-order valence-corrected chi connectivity index (χ2v) is 8.60. The molecule has 3 rings (SSSR count). The van der Waals surface area contributed by atoms with Gasteiger partial charge in [-0.15, -0.1) is 11.3 Å². The summed E-state index contributed by atoms with van der Waals surface area (Å²) in [5, 5.41) is 3.21. The molecule has 8 heteroatoms. The Labute approximate surface area is 167 Å². The van der Waals surface area contributed by atoms with E-state index in [-0.39, 0.29) is 12.0 Å². The summed E-state index contributed by atoms with van der Waals surface area (Å²) in [6.45, 7) is 7.35. The maximum absolute atomic E-state index is 12.7. The first-order valence-corrected chi connectivity index (χ1v) is 9.97. The zero-order valence-electron chi connectivity index (χ0n) is 15.6. The van der Waals surface area contributed by atoms with Gasteiger partial charge in [-0.3, -0.25) is 4.79 Å². The first-order chi connectivity index (χ1) is 12.7. The Kier molecular flexibility index (Phi) is 5.72. The van der Waals surface area contributed by atoms with Crippen LogP contribution in [0.4, 0.5) is 4.79 Å². The van der Waals surface area contributed by atoms with Crippen LogP contribution >= 0.6 is 22.9 Å². The largest absolute Gasteiger partial charge is 0.444 e. The van der Waals surface area contributed by atoms with E-state index in [0.29, 0.717) is 36.9 Å². The molecule has 1 saturated heterocycles. The van der Waals surface area contributed by atoms with E-state index < -0.39 is 5.60 Å². The highest BCUT2D eigenvalue weighted by Crippen LogP contribution is 2.26. The molecule has 2 heterocycles. The number of rotatable bonds is 2. The van der Waals surface area contributed by atoms with Crippen LogP contribution in [0.3, 0.4) is 0 Å². The van der Waals surface area contributed by atoms with E-state index in [1.165, 1.54) is 11.3 Å². The molecule has 0 aliphatic carbocycles. The second kappa shape index (κ2) is 7.86. The van der Waals surface area contributed by atoms with Gasteiger partial charge in [0.15, 0.2) is 0 Å². The third-order valence-electron chi connectivity index (χ3n) is 4.03. The van der Waals surface area contributed by atoms with E-state index in [0.717, 1.165) is 10.6 Å². The van der Waals surface area contributed by atoms with E-state index in [9.17, 15) is 9.59 Å². The maximum Gasteiger partial charge on any atom is 0.410 e. The third kappa shape index (κ3) is 4.99. The van der Waals surface area contributed by atoms with Gasteiger partial charge in [0.2, 0.25) is 0 Å². The zero-order valence-corrected chi connectivity index (χ0v) is 17.1.